The highest BCUT2D eigenvalue weighted by Gasteiger charge is 2.25. The van der Waals surface area contributed by atoms with Crippen molar-refractivity contribution in [3.05, 3.63) is 95.2 Å². The highest BCUT2D eigenvalue weighted by atomic mass is 16.7. The van der Waals surface area contributed by atoms with Gasteiger partial charge < -0.3 is 19.1 Å². The van der Waals surface area contributed by atoms with Gasteiger partial charge in [-0.1, -0.05) is 66.5 Å². The Hall–Kier alpha value is -2.82. The molecular formula is C27H29NO3. The summed E-state index contributed by atoms with van der Waals surface area (Å²) >= 11 is 0. The van der Waals surface area contributed by atoms with E-state index < -0.39 is 85.4 Å². The van der Waals surface area contributed by atoms with E-state index in [2.05, 4.69) is 0 Å². The van der Waals surface area contributed by atoms with Crippen LogP contribution in [0.5, 0.6) is 11.5 Å². The van der Waals surface area contributed by atoms with Crippen LogP contribution in [-0.4, -0.2) is 37.4 Å². The zero-order valence-corrected chi connectivity index (χ0v) is 16.6. The summed E-state index contributed by atoms with van der Waals surface area (Å²) in [5.74, 6) is -0.553. The van der Waals surface area contributed by atoms with Gasteiger partial charge in [-0.15, -0.1) is 0 Å². The monoisotopic (exact) mass is 430 g/mol. The number of hydrogen-bond donors (Lipinski definition) is 0. The summed E-state index contributed by atoms with van der Waals surface area (Å²) in [6, 6.07) is -7.41. The quantitative estimate of drug-likeness (QED) is 0.514. The summed E-state index contributed by atoms with van der Waals surface area (Å²) in [4.78, 5) is 1.93. The second kappa shape index (κ2) is 9.54. The zero-order chi connectivity index (χ0) is 34.0. The number of rotatable bonds is 7. The molecule has 2 aliphatic rings. The largest absolute Gasteiger partial charge is 0.454 e. The second-order valence-corrected chi connectivity index (χ2v) is 7.21. The van der Waals surface area contributed by atoms with E-state index in [0.29, 0.717) is 19.4 Å². The van der Waals surface area contributed by atoms with E-state index in [1.807, 2.05) is 4.90 Å². The van der Waals surface area contributed by atoms with Crippen LogP contribution in [0.25, 0.3) is 0 Å². The summed E-state index contributed by atoms with van der Waals surface area (Å²) in [6.45, 7) is -1.50. The highest BCUT2D eigenvalue weighted by molar-refractivity contribution is 5.44. The first kappa shape index (κ1) is 9.35. The van der Waals surface area contributed by atoms with Crippen LogP contribution in [0.1, 0.15) is 56.2 Å². The Balaban J connectivity index is 1.47. The van der Waals surface area contributed by atoms with Crippen molar-refractivity contribution in [2.75, 3.05) is 26.4 Å². The van der Waals surface area contributed by atoms with Crippen LogP contribution in [-0.2, 0) is 11.2 Å². The van der Waals surface area contributed by atoms with Crippen molar-refractivity contribution < 1.29 is 34.8 Å². The maximum absolute atomic E-state index is 8.55. The maximum atomic E-state index is 8.55. The molecule has 4 nitrogen and oxygen atoms in total. The summed E-state index contributed by atoms with van der Waals surface area (Å²) in [5.41, 5.74) is -0.561. The number of nitrogens with zero attached hydrogens (tertiary/aromatic N) is 1. The Kier molecular flexibility index (Phi) is 2.88. The normalized spacial score (nSPS) is 26.9. The number of benzene rings is 3. The van der Waals surface area contributed by atoms with Gasteiger partial charge in [0.2, 0.25) is 6.75 Å². The molecule has 0 spiro atoms. The summed E-state index contributed by atoms with van der Waals surface area (Å²) < 4.78 is 140. The minimum Gasteiger partial charge on any atom is -0.454 e. The van der Waals surface area contributed by atoms with Crippen molar-refractivity contribution >= 4 is 0 Å². The standard InChI is InChI=1S/C27H29NO3/c1-3-8-22(9-4-1)27(23-10-5-2-6-11-23)31-24-12-7-16-28(19-24)17-15-21-13-14-25-26(18-21)30-20-29-25/h1-6,8-11,13-14,18,24,27H,7,12,15-17,19-20H2/t24-/m1/s1/i1D,2D,3D,4D,5D,6D,8D,9D,10D,11D,13D,14D,18D,20D2. The van der Waals surface area contributed by atoms with Crippen LogP contribution in [0.3, 0.4) is 0 Å². The summed E-state index contributed by atoms with van der Waals surface area (Å²) in [6.07, 6.45) is -1.16. The maximum Gasteiger partial charge on any atom is 0.231 e. The number of hydrogen-bond acceptors (Lipinski definition) is 4. The molecule has 0 amide bonds. The van der Waals surface area contributed by atoms with Gasteiger partial charge in [0, 0.05) is 13.1 Å². The first-order valence-corrected chi connectivity index (χ1v) is 9.98. The van der Waals surface area contributed by atoms with E-state index >= 15 is 0 Å². The first-order valence-electron chi connectivity index (χ1n) is 17.5. The number of fused-ring (bicyclic) bond motifs is 1. The van der Waals surface area contributed by atoms with E-state index in [9.17, 15) is 0 Å². The van der Waals surface area contributed by atoms with Crippen LogP contribution < -0.4 is 9.47 Å². The predicted molar refractivity (Wildman–Crippen MR) is 122 cm³/mol. The van der Waals surface area contributed by atoms with E-state index in [1.54, 1.807) is 0 Å². The third-order valence-corrected chi connectivity index (χ3v) is 5.12. The van der Waals surface area contributed by atoms with Gasteiger partial charge in [0.1, 0.15) is 8.85 Å². The van der Waals surface area contributed by atoms with E-state index in [1.165, 1.54) is 0 Å². The summed E-state index contributed by atoms with van der Waals surface area (Å²) in [7, 11) is 0. The minimum atomic E-state index is -2.56. The fourth-order valence-corrected chi connectivity index (χ4v) is 3.64. The lowest BCUT2D eigenvalue weighted by atomic mass is 10.00. The molecule has 2 aliphatic heterocycles. The Labute approximate surface area is 205 Å². The highest BCUT2D eigenvalue weighted by Crippen LogP contribution is 2.33. The summed E-state index contributed by atoms with van der Waals surface area (Å²) in [5, 5.41) is 0. The molecule has 160 valence electrons. The molecule has 0 unspecified atom stereocenters. The Morgan fingerprint density at radius 1 is 0.968 bits per heavy atom. The molecule has 1 atom stereocenters. The van der Waals surface area contributed by atoms with Crippen molar-refractivity contribution in [1.29, 1.82) is 0 Å². The SMILES string of the molecule is [2H]c1c([2H])c([2H])c(C(O[C@@H]2CCCN(CCc3c([2H])c([2H])c4c(c3[2H])OC([2H])([2H])O4)C2)c2c([2H])c([2H])c([2H])c([2H])c2[2H])c([2H])c1[2H]. The lowest BCUT2D eigenvalue weighted by molar-refractivity contribution is -0.0330. The van der Waals surface area contributed by atoms with Crippen molar-refractivity contribution in [1.82, 2.24) is 4.90 Å². The molecule has 5 rings (SSSR count). The van der Waals surface area contributed by atoms with Crippen molar-refractivity contribution in [2.45, 2.75) is 31.5 Å². The predicted octanol–water partition coefficient (Wildman–Crippen LogP) is 5.23. The van der Waals surface area contributed by atoms with Crippen LogP contribution in [0, 0.1) is 0 Å². The van der Waals surface area contributed by atoms with Gasteiger partial charge in [0.25, 0.3) is 0 Å². The molecule has 3 aromatic carbocycles. The molecular weight excluding hydrogens is 386 g/mol. The van der Waals surface area contributed by atoms with Gasteiger partial charge in [-0.05, 0) is 54.6 Å². The molecule has 0 saturated carbocycles. The van der Waals surface area contributed by atoms with Crippen LogP contribution in [0.15, 0.2) is 78.6 Å². The van der Waals surface area contributed by atoms with E-state index in [0.717, 1.165) is 0 Å². The number of piperidine rings is 1. The Bertz CT molecular complexity index is 1610. The fraction of sp³-hybridized carbons (Fsp3) is 0.333. The number of likely N-dealkylation sites (tertiary alicyclic amines) is 1. The third kappa shape index (κ3) is 4.92. The molecule has 31 heavy (non-hydrogen) atoms. The molecule has 1 fully saturated rings. The minimum absolute atomic E-state index is 0.117. The van der Waals surface area contributed by atoms with Crippen molar-refractivity contribution in [2.24, 2.45) is 0 Å². The average Bonchev–Trinajstić information content (AvgIpc) is 3.35. The smallest absolute Gasteiger partial charge is 0.231 e. The van der Waals surface area contributed by atoms with Gasteiger partial charge in [0.05, 0.1) is 23.9 Å². The topological polar surface area (TPSA) is 30.9 Å². The second-order valence-electron chi connectivity index (χ2n) is 7.21. The van der Waals surface area contributed by atoms with Crippen LogP contribution >= 0.6 is 0 Å². The van der Waals surface area contributed by atoms with Crippen molar-refractivity contribution in [3.8, 4) is 11.5 Å². The molecule has 0 bridgehead atoms. The van der Waals surface area contributed by atoms with Gasteiger partial charge >= 0.3 is 0 Å². The molecule has 0 radical (unpaired) electrons. The molecule has 1 saturated heterocycles. The lowest BCUT2D eigenvalue weighted by Crippen LogP contribution is -2.41. The van der Waals surface area contributed by atoms with Crippen LogP contribution in [0.4, 0.5) is 0 Å². The van der Waals surface area contributed by atoms with Gasteiger partial charge in [-0.3, -0.25) is 0 Å². The molecule has 0 aliphatic carbocycles. The fourth-order valence-electron chi connectivity index (χ4n) is 3.64. The van der Waals surface area contributed by atoms with Gasteiger partial charge in [-0.2, -0.15) is 0 Å². The van der Waals surface area contributed by atoms with Gasteiger partial charge in [0.15, 0.2) is 11.5 Å². The molecule has 0 N–H and O–H groups in total. The van der Waals surface area contributed by atoms with Crippen LogP contribution in [0.2, 0.25) is 0 Å². The molecule has 0 aromatic heterocycles. The van der Waals surface area contributed by atoms with Crippen molar-refractivity contribution in [3.63, 3.8) is 0 Å². The Morgan fingerprint density at radius 2 is 1.68 bits per heavy atom. The van der Waals surface area contributed by atoms with Gasteiger partial charge in [-0.25, -0.2) is 0 Å². The van der Waals surface area contributed by atoms with E-state index in [4.69, 9.17) is 34.8 Å². The van der Waals surface area contributed by atoms with E-state index in [-0.39, 0.29) is 59.8 Å². The first-order chi connectivity index (χ1) is 21.5. The third-order valence-electron chi connectivity index (χ3n) is 5.12. The molecule has 4 heteroatoms. The zero-order valence-electron chi connectivity index (χ0n) is 31.6. The molecule has 2 heterocycles. The Morgan fingerprint density at radius 3 is 2.42 bits per heavy atom. The lowest BCUT2D eigenvalue weighted by Gasteiger charge is -2.35. The molecule has 3 aromatic rings. The average molecular weight is 431 g/mol. The number of ether oxygens (including phenoxy) is 3.